The van der Waals surface area contributed by atoms with Gasteiger partial charge in [-0.25, -0.2) is 0 Å². The first kappa shape index (κ1) is 18.5. The average Bonchev–Trinajstić information content (AvgIpc) is 2.60. The first-order valence-electron chi connectivity index (χ1n) is 8.80. The van der Waals surface area contributed by atoms with E-state index in [0.717, 1.165) is 24.9 Å². The molecule has 1 aliphatic rings. The van der Waals surface area contributed by atoms with Gasteiger partial charge in [0.15, 0.2) is 0 Å². The van der Waals surface area contributed by atoms with E-state index >= 15 is 0 Å². The minimum atomic E-state index is 0. The molecular weight excluding hydrogens is 342 g/mol. The first-order valence-corrected chi connectivity index (χ1v) is 8.80. The number of phenolic OH excluding ortho intramolecular Hbond substituents is 1. The molecule has 0 spiro atoms. The van der Waals surface area contributed by atoms with Gasteiger partial charge in [0.25, 0.3) is 0 Å². The Labute approximate surface area is 161 Å². The summed E-state index contributed by atoms with van der Waals surface area (Å²) in [6.07, 6.45) is 2.13. The number of benzene rings is 3. The van der Waals surface area contributed by atoms with Gasteiger partial charge >= 0.3 is 0 Å². The third-order valence-corrected chi connectivity index (χ3v) is 4.98. The number of aromatic hydroxyl groups is 1. The summed E-state index contributed by atoms with van der Waals surface area (Å²) in [7, 11) is 4.23. The van der Waals surface area contributed by atoms with Gasteiger partial charge in [-0.3, -0.25) is 0 Å². The van der Waals surface area contributed by atoms with Crippen molar-refractivity contribution in [2.45, 2.75) is 12.8 Å². The summed E-state index contributed by atoms with van der Waals surface area (Å²) in [4.78, 5) is 2.23. The van der Waals surface area contributed by atoms with Crippen LogP contribution in [0.15, 0.2) is 66.2 Å². The Balaban J connectivity index is 0.00000196. The second-order valence-corrected chi connectivity index (χ2v) is 7.08. The summed E-state index contributed by atoms with van der Waals surface area (Å²) in [6.45, 7) is 0.942. The number of aryl methyl sites for hydroxylation is 1. The number of hydrogen-bond acceptors (Lipinski definition) is 2. The second kappa shape index (κ2) is 7.53. The van der Waals surface area contributed by atoms with Crippen molar-refractivity contribution in [2.24, 2.45) is 0 Å². The van der Waals surface area contributed by atoms with Gasteiger partial charge in [0.05, 0.1) is 0 Å². The summed E-state index contributed by atoms with van der Waals surface area (Å²) in [5, 5.41) is 12.6. The van der Waals surface area contributed by atoms with Crippen molar-refractivity contribution in [1.29, 1.82) is 0 Å². The molecule has 0 unspecified atom stereocenters. The Morgan fingerprint density at radius 2 is 1.73 bits per heavy atom. The zero-order valence-electron chi connectivity index (χ0n) is 15.2. The standard InChI is InChI=1S/C23H23NO.ClH/c1-24(2)15-18-11-12-21-20-9-4-3-6-16(20)10-13-22(21)23(18)17-7-5-8-19(25)14-17;/h3-10,13-14,25H,11-12,15H2,1-2H3;1H. The Kier molecular flexibility index (Phi) is 5.36. The van der Waals surface area contributed by atoms with Gasteiger partial charge in [-0.15, -0.1) is 12.4 Å². The molecule has 0 atom stereocenters. The van der Waals surface area contributed by atoms with Crippen molar-refractivity contribution >= 4 is 28.8 Å². The molecule has 0 saturated heterocycles. The smallest absolute Gasteiger partial charge is 0.116 e. The molecule has 134 valence electrons. The lowest BCUT2D eigenvalue weighted by molar-refractivity contribution is 0.439. The predicted octanol–water partition coefficient (Wildman–Crippen LogP) is 5.28. The summed E-state index contributed by atoms with van der Waals surface area (Å²) in [6, 6.07) is 20.8. The summed E-state index contributed by atoms with van der Waals surface area (Å²) < 4.78 is 0. The van der Waals surface area contributed by atoms with Gasteiger partial charge in [0.2, 0.25) is 0 Å². The third-order valence-electron chi connectivity index (χ3n) is 4.98. The van der Waals surface area contributed by atoms with Gasteiger partial charge < -0.3 is 10.0 Å². The van der Waals surface area contributed by atoms with Crippen LogP contribution in [0.1, 0.15) is 23.1 Å². The maximum absolute atomic E-state index is 10.00. The molecule has 1 N–H and O–H groups in total. The number of phenols is 1. The molecule has 3 aromatic rings. The van der Waals surface area contributed by atoms with Crippen LogP contribution in [0.2, 0.25) is 0 Å². The molecule has 4 rings (SSSR count). The van der Waals surface area contributed by atoms with Crippen LogP contribution in [0.5, 0.6) is 5.75 Å². The van der Waals surface area contributed by atoms with Crippen LogP contribution in [0.4, 0.5) is 0 Å². The monoisotopic (exact) mass is 365 g/mol. The Morgan fingerprint density at radius 1 is 0.923 bits per heavy atom. The summed E-state index contributed by atoms with van der Waals surface area (Å²) in [5.74, 6) is 0.321. The molecule has 3 aromatic carbocycles. The molecule has 0 bridgehead atoms. The molecule has 0 heterocycles. The van der Waals surface area contributed by atoms with Crippen molar-refractivity contribution in [3.8, 4) is 5.75 Å². The average molecular weight is 366 g/mol. The van der Waals surface area contributed by atoms with E-state index in [0.29, 0.717) is 5.75 Å². The van der Waals surface area contributed by atoms with Crippen molar-refractivity contribution in [1.82, 2.24) is 4.90 Å². The third kappa shape index (κ3) is 3.35. The topological polar surface area (TPSA) is 23.5 Å². The zero-order valence-corrected chi connectivity index (χ0v) is 16.0. The van der Waals surface area contributed by atoms with Crippen LogP contribution in [-0.2, 0) is 6.42 Å². The minimum absolute atomic E-state index is 0. The fraction of sp³-hybridized carbons (Fsp3) is 0.217. The van der Waals surface area contributed by atoms with E-state index in [1.807, 2.05) is 12.1 Å². The van der Waals surface area contributed by atoms with E-state index < -0.39 is 0 Å². The molecule has 1 aliphatic carbocycles. The maximum Gasteiger partial charge on any atom is 0.116 e. The molecule has 3 heteroatoms. The van der Waals surface area contributed by atoms with Crippen LogP contribution in [0.25, 0.3) is 16.3 Å². The quantitative estimate of drug-likeness (QED) is 0.682. The summed E-state index contributed by atoms with van der Waals surface area (Å²) in [5.41, 5.74) is 6.58. The van der Waals surface area contributed by atoms with Crippen LogP contribution >= 0.6 is 12.4 Å². The number of hydrogen-bond donors (Lipinski definition) is 1. The largest absolute Gasteiger partial charge is 0.508 e. The summed E-state index contributed by atoms with van der Waals surface area (Å²) >= 11 is 0. The van der Waals surface area contributed by atoms with Gasteiger partial charge in [0, 0.05) is 6.54 Å². The molecule has 2 nitrogen and oxygen atoms in total. The van der Waals surface area contributed by atoms with Gasteiger partial charge in [-0.2, -0.15) is 0 Å². The van der Waals surface area contributed by atoms with Crippen molar-refractivity contribution in [3.63, 3.8) is 0 Å². The highest BCUT2D eigenvalue weighted by molar-refractivity contribution is 5.95. The number of fused-ring (bicyclic) bond motifs is 3. The van der Waals surface area contributed by atoms with Crippen LogP contribution in [-0.4, -0.2) is 30.6 Å². The molecule has 0 radical (unpaired) electrons. The van der Waals surface area contributed by atoms with Crippen molar-refractivity contribution in [2.75, 3.05) is 20.6 Å². The number of nitrogens with zero attached hydrogens (tertiary/aromatic N) is 1. The molecule has 0 amide bonds. The highest BCUT2D eigenvalue weighted by atomic mass is 35.5. The molecule has 0 aromatic heterocycles. The zero-order chi connectivity index (χ0) is 17.4. The fourth-order valence-corrected chi connectivity index (χ4v) is 3.99. The molecule has 0 saturated carbocycles. The van der Waals surface area contributed by atoms with Crippen LogP contribution in [0.3, 0.4) is 0 Å². The van der Waals surface area contributed by atoms with Gasteiger partial charge in [-0.05, 0) is 77.7 Å². The number of halogens is 1. The highest BCUT2D eigenvalue weighted by Gasteiger charge is 2.22. The highest BCUT2D eigenvalue weighted by Crippen LogP contribution is 2.40. The lowest BCUT2D eigenvalue weighted by atomic mass is 9.80. The fourth-order valence-electron chi connectivity index (χ4n) is 3.99. The van der Waals surface area contributed by atoms with E-state index in [9.17, 15) is 5.11 Å². The first-order chi connectivity index (χ1) is 12.1. The Morgan fingerprint density at radius 3 is 2.50 bits per heavy atom. The van der Waals surface area contributed by atoms with Gasteiger partial charge in [-0.1, -0.05) is 48.5 Å². The predicted molar refractivity (Wildman–Crippen MR) is 112 cm³/mol. The minimum Gasteiger partial charge on any atom is -0.508 e. The van der Waals surface area contributed by atoms with E-state index in [-0.39, 0.29) is 12.4 Å². The van der Waals surface area contributed by atoms with Gasteiger partial charge in [0.1, 0.15) is 5.75 Å². The molecule has 0 aliphatic heterocycles. The normalized spacial score (nSPS) is 13.7. The van der Waals surface area contributed by atoms with E-state index in [4.69, 9.17) is 0 Å². The second-order valence-electron chi connectivity index (χ2n) is 7.08. The van der Waals surface area contributed by atoms with Crippen LogP contribution in [0, 0.1) is 0 Å². The molecule has 0 fully saturated rings. The SMILES string of the molecule is CN(C)CC1=C(c2cccc(O)c2)c2ccc3ccccc3c2CC1.Cl. The molecule has 26 heavy (non-hydrogen) atoms. The lowest BCUT2D eigenvalue weighted by Gasteiger charge is -2.27. The number of rotatable bonds is 3. The van der Waals surface area contributed by atoms with Crippen molar-refractivity contribution in [3.05, 3.63) is 82.9 Å². The van der Waals surface area contributed by atoms with Crippen molar-refractivity contribution < 1.29 is 5.11 Å². The van der Waals surface area contributed by atoms with E-state index in [1.54, 1.807) is 6.07 Å². The Bertz CT molecular complexity index is 975. The van der Waals surface area contributed by atoms with E-state index in [1.165, 1.54) is 33.0 Å². The van der Waals surface area contributed by atoms with Crippen LogP contribution < -0.4 is 0 Å². The molecular formula is C23H24ClNO. The van der Waals surface area contributed by atoms with E-state index in [2.05, 4.69) is 61.5 Å². The number of likely N-dealkylation sites (N-methyl/N-ethyl adjacent to an activating group) is 1. The maximum atomic E-state index is 10.00. The lowest BCUT2D eigenvalue weighted by Crippen LogP contribution is -2.19. The Hall–Kier alpha value is -2.29.